The number of rotatable bonds is 4. The predicted octanol–water partition coefficient (Wildman–Crippen LogP) is 3.84. The van der Waals surface area contributed by atoms with Gasteiger partial charge in [0.15, 0.2) is 0 Å². The molecule has 1 aliphatic carbocycles. The van der Waals surface area contributed by atoms with Crippen LogP contribution in [0, 0.1) is 17.8 Å². The number of anilines is 1. The Hall–Kier alpha value is -3.15. The summed E-state index contributed by atoms with van der Waals surface area (Å²) in [7, 11) is 1.53. The van der Waals surface area contributed by atoms with Crippen molar-refractivity contribution in [3.05, 3.63) is 54.1 Å². The molecule has 1 heterocycles. The summed E-state index contributed by atoms with van der Waals surface area (Å²) in [5.74, 6) is 0.210. The summed E-state index contributed by atoms with van der Waals surface area (Å²) in [4.78, 5) is 39.2. The van der Waals surface area contributed by atoms with Gasteiger partial charge in [0.2, 0.25) is 11.8 Å². The largest absolute Gasteiger partial charge is 0.497 e. The van der Waals surface area contributed by atoms with Crippen LogP contribution in [0.4, 0.5) is 5.69 Å². The van der Waals surface area contributed by atoms with Gasteiger partial charge in [-0.3, -0.25) is 14.5 Å². The first-order chi connectivity index (χ1) is 14.0. The average molecular weight is 393 g/mol. The molecule has 2 aliphatic rings. The number of hydrogen-bond donors (Lipinski definition) is 0. The molecule has 0 spiro atoms. The highest BCUT2D eigenvalue weighted by atomic mass is 16.5. The molecular weight excluding hydrogens is 370 g/mol. The second kappa shape index (κ2) is 7.70. The van der Waals surface area contributed by atoms with E-state index in [4.69, 9.17) is 9.47 Å². The third kappa shape index (κ3) is 3.62. The summed E-state index contributed by atoms with van der Waals surface area (Å²) in [5, 5.41) is 0. The fraction of sp³-hybridized carbons (Fsp3) is 0.348. The van der Waals surface area contributed by atoms with Gasteiger partial charge >= 0.3 is 5.97 Å². The molecule has 2 fully saturated rings. The molecule has 0 unspecified atom stereocenters. The SMILES string of the molecule is COc1cccc(C(=O)Oc2ccc(N3C(=O)[C@H]4C[C@@H](C)CC[C@H]4C3=O)cc2)c1. The zero-order valence-corrected chi connectivity index (χ0v) is 16.5. The molecule has 6 nitrogen and oxygen atoms in total. The third-order valence-corrected chi connectivity index (χ3v) is 5.80. The molecule has 0 aromatic heterocycles. The smallest absolute Gasteiger partial charge is 0.343 e. The first-order valence-corrected chi connectivity index (χ1v) is 9.82. The summed E-state index contributed by atoms with van der Waals surface area (Å²) < 4.78 is 10.5. The Morgan fingerprint density at radius 3 is 2.41 bits per heavy atom. The third-order valence-electron chi connectivity index (χ3n) is 5.80. The van der Waals surface area contributed by atoms with E-state index in [9.17, 15) is 14.4 Å². The van der Waals surface area contributed by atoms with Crippen molar-refractivity contribution < 1.29 is 23.9 Å². The highest BCUT2D eigenvalue weighted by Gasteiger charge is 2.49. The van der Waals surface area contributed by atoms with Gasteiger partial charge < -0.3 is 9.47 Å². The number of methoxy groups -OCH3 is 1. The van der Waals surface area contributed by atoms with Crippen molar-refractivity contribution in [2.45, 2.75) is 26.2 Å². The monoisotopic (exact) mass is 393 g/mol. The summed E-state index contributed by atoms with van der Waals surface area (Å²) in [6, 6.07) is 13.2. The highest BCUT2D eigenvalue weighted by molar-refractivity contribution is 6.22. The van der Waals surface area contributed by atoms with Gasteiger partial charge in [0.05, 0.1) is 30.2 Å². The number of esters is 1. The van der Waals surface area contributed by atoms with Crippen LogP contribution in [0.5, 0.6) is 11.5 Å². The molecule has 4 rings (SSSR count). The number of carbonyl (C=O) groups is 3. The Morgan fingerprint density at radius 2 is 1.69 bits per heavy atom. The quantitative estimate of drug-likeness (QED) is 0.448. The lowest BCUT2D eigenvalue weighted by Gasteiger charge is -2.25. The number of ether oxygens (including phenoxy) is 2. The van der Waals surface area contributed by atoms with E-state index in [0.29, 0.717) is 28.7 Å². The van der Waals surface area contributed by atoms with Gasteiger partial charge in [-0.15, -0.1) is 0 Å². The number of benzene rings is 2. The van der Waals surface area contributed by atoms with E-state index in [1.54, 1.807) is 48.5 Å². The molecule has 0 bridgehead atoms. The molecule has 29 heavy (non-hydrogen) atoms. The topological polar surface area (TPSA) is 72.9 Å². The van der Waals surface area contributed by atoms with Gasteiger partial charge in [-0.05, 0) is 67.6 Å². The summed E-state index contributed by atoms with van der Waals surface area (Å²) in [6.45, 7) is 2.13. The van der Waals surface area contributed by atoms with E-state index in [1.165, 1.54) is 12.0 Å². The van der Waals surface area contributed by atoms with Crippen molar-refractivity contribution in [3.63, 3.8) is 0 Å². The zero-order valence-electron chi connectivity index (χ0n) is 16.5. The molecule has 3 atom stereocenters. The number of nitrogens with zero attached hydrogens (tertiary/aromatic N) is 1. The van der Waals surface area contributed by atoms with Crippen LogP contribution in [0.2, 0.25) is 0 Å². The Balaban J connectivity index is 1.48. The van der Waals surface area contributed by atoms with E-state index in [1.807, 2.05) is 0 Å². The molecule has 1 saturated heterocycles. The summed E-state index contributed by atoms with van der Waals surface area (Å²) in [6.07, 6.45) is 2.51. The van der Waals surface area contributed by atoms with Crippen LogP contribution in [-0.4, -0.2) is 24.9 Å². The van der Waals surface area contributed by atoms with Gasteiger partial charge in [0, 0.05) is 0 Å². The zero-order chi connectivity index (χ0) is 20.5. The van der Waals surface area contributed by atoms with E-state index < -0.39 is 5.97 Å². The molecule has 150 valence electrons. The highest BCUT2D eigenvalue weighted by Crippen LogP contribution is 2.42. The molecule has 2 aromatic rings. The first kappa shape index (κ1) is 19.2. The first-order valence-electron chi connectivity index (χ1n) is 9.82. The Kier molecular flexibility index (Phi) is 5.09. The minimum absolute atomic E-state index is 0.118. The maximum atomic E-state index is 12.8. The van der Waals surface area contributed by atoms with E-state index >= 15 is 0 Å². The van der Waals surface area contributed by atoms with Gasteiger partial charge in [0.25, 0.3) is 0 Å². The molecule has 0 N–H and O–H groups in total. The number of fused-ring (bicyclic) bond motifs is 1. The van der Waals surface area contributed by atoms with Gasteiger partial charge in [-0.1, -0.05) is 13.0 Å². The van der Waals surface area contributed by atoms with Gasteiger partial charge in [-0.2, -0.15) is 0 Å². The molecule has 1 saturated carbocycles. The number of hydrogen-bond acceptors (Lipinski definition) is 5. The number of imide groups is 1. The number of amides is 2. The predicted molar refractivity (Wildman–Crippen MR) is 107 cm³/mol. The lowest BCUT2D eigenvalue weighted by Crippen LogP contribution is -2.30. The van der Waals surface area contributed by atoms with Crippen LogP contribution in [0.15, 0.2) is 48.5 Å². The van der Waals surface area contributed by atoms with E-state index in [2.05, 4.69) is 6.92 Å². The van der Waals surface area contributed by atoms with Crippen LogP contribution < -0.4 is 14.4 Å². The summed E-state index contributed by atoms with van der Waals surface area (Å²) >= 11 is 0. The lowest BCUT2D eigenvalue weighted by molar-refractivity contribution is -0.122. The molecule has 2 amide bonds. The van der Waals surface area contributed by atoms with Crippen LogP contribution in [-0.2, 0) is 9.59 Å². The Labute approximate surface area is 169 Å². The Morgan fingerprint density at radius 1 is 0.966 bits per heavy atom. The van der Waals surface area contributed by atoms with Crippen molar-refractivity contribution in [3.8, 4) is 11.5 Å². The maximum absolute atomic E-state index is 12.8. The van der Waals surface area contributed by atoms with E-state index in [0.717, 1.165) is 19.3 Å². The standard InChI is InChI=1S/C23H23NO5/c1-14-6-11-19-20(12-14)22(26)24(21(19)25)16-7-9-17(10-8-16)29-23(27)15-4-3-5-18(13-15)28-2/h3-5,7-10,13-14,19-20H,6,11-12H2,1-2H3/t14-,19+,20-/m0/s1. The Bertz CT molecular complexity index is 952. The van der Waals surface area contributed by atoms with Crippen LogP contribution in [0.25, 0.3) is 0 Å². The average Bonchev–Trinajstić information content (AvgIpc) is 2.98. The fourth-order valence-corrected chi connectivity index (χ4v) is 4.22. The fourth-order valence-electron chi connectivity index (χ4n) is 4.22. The molecule has 6 heteroatoms. The minimum Gasteiger partial charge on any atom is -0.497 e. The van der Waals surface area contributed by atoms with Gasteiger partial charge in [-0.25, -0.2) is 4.79 Å². The second-order valence-corrected chi connectivity index (χ2v) is 7.76. The lowest BCUT2D eigenvalue weighted by atomic mass is 9.76. The van der Waals surface area contributed by atoms with Crippen molar-refractivity contribution in [2.24, 2.45) is 17.8 Å². The molecular formula is C23H23NO5. The molecule has 1 aliphatic heterocycles. The van der Waals surface area contributed by atoms with Crippen LogP contribution >= 0.6 is 0 Å². The van der Waals surface area contributed by atoms with Crippen molar-refractivity contribution in [1.29, 1.82) is 0 Å². The van der Waals surface area contributed by atoms with Crippen LogP contribution in [0.3, 0.4) is 0 Å². The van der Waals surface area contributed by atoms with Crippen molar-refractivity contribution >= 4 is 23.5 Å². The minimum atomic E-state index is -0.509. The second-order valence-electron chi connectivity index (χ2n) is 7.76. The maximum Gasteiger partial charge on any atom is 0.343 e. The van der Waals surface area contributed by atoms with Crippen LogP contribution in [0.1, 0.15) is 36.5 Å². The normalized spacial score (nSPS) is 23.7. The molecule has 0 radical (unpaired) electrons. The van der Waals surface area contributed by atoms with Crippen molar-refractivity contribution in [2.75, 3.05) is 12.0 Å². The van der Waals surface area contributed by atoms with Gasteiger partial charge in [0.1, 0.15) is 11.5 Å². The molecule has 2 aromatic carbocycles. The summed E-state index contributed by atoms with van der Waals surface area (Å²) in [5.41, 5.74) is 0.889. The van der Waals surface area contributed by atoms with Crippen molar-refractivity contribution in [1.82, 2.24) is 0 Å². The van der Waals surface area contributed by atoms with E-state index in [-0.39, 0.29) is 23.7 Å². The number of carbonyl (C=O) groups excluding carboxylic acids is 3.